The van der Waals surface area contributed by atoms with Crippen LogP contribution in [0, 0.1) is 17.3 Å². The zero-order chi connectivity index (χ0) is 21.1. The first-order valence-electron chi connectivity index (χ1n) is 11.2. The summed E-state index contributed by atoms with van der Waals surface area (Å²) in [5.41, 5.74) is 2.27. The summed E-state index contributed by atoms with van der Waals surface area (Å²) in [5, 5.41) is 9.47. The normalized spacial score (nSPS) is 26.8. The molecule has 4 rings (SSSR count). The molecule has 160 valence electrons. The lowest BCUT2D eigenvalue weighted by atomic mass is 9.67. The molecule has 30 heavy (non-hydrogen) atoms. The first-order valence-corrected chi connectivity index (χ1v) is 11.2. The summed E-state index contributed by atoms with van der Waals surface area (Å²) in [6.45, 7) is 6.92. The minimum absolute atomic E-state index is 0.0586. The van der Waals surface area contributed by atoms with E-state index in [2.05, 4.69) is 44.2 Å². The Morgan fingerprint density at radius 3 is 2.60 bits per heavy atom. The lowest BCUT2D eigenvalue weighted by Crippen LogP contribution is -2.52. The molecule has 2 saturated heterocycles. The average Bonchev–Trinajstić information content (AvgIpc) is 2.76. The van der Waals surface area contributed by atoms with Gasteiger partial charge in [-0.3, -0.25) is 4.79 Å². The second kappa shape index (κ2) is 8.81. The van der Waals surface area contributed by atoms with Crippen LogP contribution in [0.5, 0.6) is 5.75 Å². The van der Waals surface area contributed by atoms with Crippen molar-refractivity contribution in [3.8, 4) is 5.75 Å². The monoisotopic (exact) mass is 407 g/mol. The summed E-state index contributed by atoms with van der Waals surface area (Å²) in [7, 11) is 0. The van der Waals surface area contributed by atoms with Crippen molar-refractivity contribution < 1.29 is 14.6 Å². The third kappa shape index (κ3) is 4.54. The number of hydrogen-bond donors (Lipinski definition) is 1. The predicted molar refractivity (Wildman–Crippen MR) is 118 cm³/mol. The fraction of sp³-hybridized carbons (Fsp3) is 0.500. The van der Waals surface area contributed by atoms with Crippen molar-refractivity contribution in [3.63, 3.8) is 0 Å². The number of phenols is 1. The first-order chi connectivity index (χ1) is 14.5. The molecule has 1 spiro atoms. The van der Waals surface area contributed by atoms with Crippen LogP contribution in [0.25, 0.3) is 0 Å². The minimum Gasteiger partial charge on any atom is -0.508 e. The van der Waals surface area contributed by atoms with Crippen molar-refractivity contribution in [2.45, 2.75) is 45.6 Å². The maximum atomic E-state index is 13.0. The standard InChI is InChI=1S/C26H33NO3/c1-19(2)23-16-26(18-30-25(23)21-7-4-3-5-8-21)13-6-14-27(17-26)24(29)15-20-9-11-22(28)12-10-20/h3-5,7-12,19,23,25,28H,6,13-18H2,1-2H3/t23-,25-,26+/m0/s1. The Hall–Kier alpha value is -2.33. The van der Waals surface area contributed by atoms with E-state index in [1.165, 1.54) is 5.56 Å². The van der Waals surface area contributed by atoms with Gasteiger partial charge in [0.2, 0.25) is 5.91 Å². The quantitative estimate of drug-likeness (QED) is 0.778. The van der Waals surface area contributed by atoms with E-state index in [0.717, 1.165) is 44.5 Å². The molecule has 2 fully saturated rings. The van der Waals surface area contributed by atoms with Gasteiger partial charge >= 0.3 is 0 Å². The second-order valence-corrected chi connectivity index (χ2v) is 9.52. The topological polar surface area (TPSA) is 49.8 Å². The Kier molecular flexibility index (Phi) is 6.14. The van der Waals surface area contributed by atoms with Crippen LogP contribution in [0.15, 0.2) is 54.6 Å². The highest BCUT2D eigenvalue weighted by Crippen LogP contribution is 2.48. The number of benzene rings is 2. The molecule has 0 bridgehead atoms. The van der Waals surface area contributed by atoms with Crippen LogP contribution in [-0.2, 0) is 16.0 Å². The number of aromatic hydroxyl groups is 1. The highest BCUT2D eigenvalue weighted by atomic mass is 16.5. The molecule has 4 heteroatoms. The Labute approximate surface area is 179 Å². The van der Waals surface area contributed by atoms with E-state index in [4.69, 9.17) is 4.74 Å². The largest absolute Gasteiger partial charge is 0.508 e. The molecule has 2 heterocycles. The van der Waals surface area contributed by atoms with Gasteiger partial charge in [0.25, 0.3) is 0 Å². The van der Waals surface area contributed by atoms with Crippen LogP contribution in [0.2, 0.25) is 0 Å². The number of nitrogens with zero attached hydrogens (tertiary/aromatic N) is 1. The van der Waals surface area contributed by atoms with Gasteiger partial charge in [0.15, 0.2) is 0 Å². The van der Waals surface area contributed by atoms with Gasteiger partial charge in [-0.1, -0.05) is 56.3 Å². The Morgan fingerprint density at radius 1 is 1.17 bits per heavy atom. The van der Waals surface area contributed by atoms with Gasteiger partial charge in [-0.25, -0.2) is 0 Å². The molecular formula is C26H33NO3. The molecule has 0 aromatic heterocycles. The molecule has 1 N–H and O–H groups in total. The molecule has 0 unspecified atom stereocenters. The third-order valence-electron chi connectivity index (χ3n) is 6.92. The number of phenolic OH excluding ortho intramolecular Hbond substituents is 1. The van der Waals surface area contributed by atoms with Crippen LogP contribution in [0.1, 0.15) is 50.3 Å². The number of likely N-dealkylation sites (tertiary alicyclic amines) is 1. The summed E-state index contributed by atoms with van der Waals surface area (Å²) in [5.74, 6) is 1.38. The third-order valence-corrected chi connectivity index (χ3v) is 6.92. The predicted octanol–water partition coefficient (Wildman–Crippen LogP) is 4.98. The summed E-state index contributed by atoms with van der Waals surface area (Å²) in [4.78, 5) is 15.0. The molecule has 3 atom stereocenters. The van der Waals surface area contributed by atoms with E-state index in [-0.39, 0.29) is 23.2 Å². The lowest BCUT2D eigenvalue weighted by molar-refractivity contribution is -0.150. The highest BCUT2D eigenvalue weighted by molar-refractivity contribution is 5.79. The van der Waals surface area contributed by atoms with E-state index in [1.54, 1.807) is 12.1 Å². The van der Waals surface area contributed by atoms with Crippen molar-refractivity contribution in [3.05, 3.63) is 65.7 Å². The molecule has 1 amide bonds. The summed E-state index contributed by atoms with van der Waals surface area (Å²) < 4.78 is 6.53. The average molecular weight is 408 g/mol. The van der Waals surface area contributed by atoms with Crippen LogP contribution in [-0.4, -0.2) is 35.6 Å². The Bertz CT molecular complexity index is 848. The van der Waals surface area contributed by atoms with E-state index in [0.29, 0.717) is 18.3 Å². The Balaban J connectivity index is 1.46. The van der Waals surface area contributed by atoms with Crippen LogP contribution in [0.3, 0.4) is 0 Å². The number of carbonyl (C=O) groups excluding carboxylic acids is 1. The maximum absolute atomic E-state index is 13.0. The molecule has 4 nitrogen and oxygen atoms in total. The zero-order valence-electron chi connectivity index (χ0n) is 18.1. The summed E-state index contributed by atoms with van der Waals surface area (Å²) >= 11 is 0. The van der Waals surface area contributed by atoms with Crippen LogP contribution in [0.4, 0.5) is 0 Å². The second-order valence-electron chi connectivity index (χ2n) is 9.52. The van der Waals surface area contributed by atoms with E-state index in [1.807, 2.05) is 17.0 Å². The van der Waals surface area contributed by atoms with E-state index >= 15 is 0 Å². The molecule has 2 aromatic carbocycles. The van der Waals surface area contributed by atoms with Crippen molar-refractivity contribution in [2.75, 3.05) is 19.7 Å². The summed E-state index contributed by atoms with van der Waals surface area (Å²) in [6.07, 6.45) is 3.79. The summed E-state index contributed by atoms with van der Waals surface area (Å²) in [6, 6.07) is 17.5. The van der Waals surface area contributed by atoms with Gasteiger partial charge < -0.3 is 14.7 Å². The van der Waals surface area contributed by atoms with E-state index in [9.17, 15) is 9.90 Å². The number of hydrogen-bond acceptors (Lipinski definition) is 3. The lowest BCUT2D eigenvalue weighted by Gasteiger charge is -2.50. The Morgan fingerprint density at radius 2 is 1.90 bits per heavy atom. The molecule has 0 radical (unpaired) electrons. The molecule has 2 aliphatic rings. The van der Waals surface area contributed by atoms with Crippen molar-refractivity contribution in [2.24, 2.45) is 17.3 Å². The van der Waals surface area contributed by atoms with Crippen LogP contribution < -0.4 is 0 Å². The van der Waals surface area contributed by atoms with Crippen LogP contribution >= 0.6 is 0 Å². The fourth-order valence-corrected chi connectivity index (χ4v) is 5.23. The minimum atomic E-state index is 0.0586. The van der Waals surface area contributed by atoms with Crippen molar-refractivity contribution >= 4 is 5.91 Å². The molecular weight excluding hydrogens is 374 g/mol. The number of amides is 1. The maximum Gasteiger partial charge on any atom is 0.227 e. The molecule has 0 aliphatic carbocycles. The van der Waals surface area contributed by atoms with Gasteiger partial charge in [-0.05, 0) is 54.4 Å². The number of ether oxygens (including phenoxy) is 1. The molecule has 2 aliphatic heterocycles. The zero-order valence-corrected chi connectivity index (χ0v) is 18.1. The smallest absolute Gasteiger partial charge is 0.227 e. The number of rotatable bonds is 4. The highest BCUT2D eigenvalue weighted by Gasteiger charge is 2.46. The van der Waals surface area contributed by atoms with Gasteiger partial charge in [-0.2, -0.15) is 0 Å². The van der Waals surface area contributed by atoms with E-state index < -0.39 is 0 Å². The van der Waals surface area contributed by atoms with Crippen molar-refractivity contribution in [1.82, 2.24) is 4.90 Å². The van der Waals surface area contributed by atoms with Gasteiger partial charge in [-0.15, -0.1) is 0 Å². The van der Waals surface area contributed by atoms with Gasteiger partial charge in [0.05, 0.1) is 19.1 Å². The molecule has 0 saturated carbocycles. The SMILES string of the molecule is CC(C)[C@@H]1C[C@@]2(CCCN(C(=O)Cc3ccc(O)cc3)C2)CO[C@H]1c1ccccc1. The first kappa shape index (κ1) is 20.9. The number of carbonyl (C=O) groups is 1. The number of piperidine rings is 1. The van der Waals surface area contributed by atoms with Gasteiger partial charge in [0.1, 0.15) is 5.75 Å². The molecule has 2 aromatic rings. The fourth-order valence-electron chi connectivity index (χ4n) is 5.23. The van der Waals surface area contributed by atoms with Gasteiger partial charge in [0, 0.05) is 18.5 Å². The van der Waals surface area contributed by atoms with Crippen molar-refractivity contribution in [1.29, 1.82) is 0 Å².